The van der Waals surface area contributed by atoms with Crippen LogP contribution in [-0.2, 0) is 11.4 Å². The van der Waals surface area contributed by atoms with Gasteiger partial charge in [-0.1, -0.05) is 6.42 Å². The topological polar surface area (TPSA) is 86.5 Å². The second-order valence-corrected chi connectivity index (χ2v) is 8.20. The number of methoxy groups -OCH3 is 1. The normalized spacial score (nSPS) is 25.9. The van der Waals surface area contributed by atoms with Crippen LogP contribution in [0.1, 0.15) is 37.7 Å². The number of pyridine rings is 1. The van der Waals surface area contributed by atoms with Crippen molar-refractivity contribution >= 4 is 11.6 Å². The first-order valence-electron chi connectivity index (χ1n) is 10.4. The third-order valence-electron chi connectivity index (χ3n) is 6.36. The zero-order valence-electron chi connectivity index (χ0n) is 16.8. The fraction of sp³-hybridized carbons (Fsp3) is 0.478. The molecule has 4 rings (SSSR count). The minimum atomic E-state index is 0.0355. The van der Waals surface area contributed by atoms with Gasteiger partial charge in [-0.3, -0.25) is 9.78 Å². The van der Waals surface area contributed by atoms with Crippen LogP contribution in [0.15, 0.2) is 42.7 Å². The van der Waals surface area contributed by atoms with E-state index in [-0.39, 0.29) is 17.9 Å². The van der Waals surface area contributed by atoms with Crippen molar-refractivity contribution in [3.63, 3.8) is 0 Å². The number of benzene rings is 1. The van der Waals surface area contributed by atoms with Crippen molar-refractivity contribution in [2.75, 3.05) is 12.4 Å². The van der Waals surface area contributed by atoms with E-state index in [1.165, 1.54) is 6.42 Å². The van der Waals surface area contributed by atoms with E-state index in [2.05, 4.69) is 10.3 Å². The molecule has 154 valence electrons. The second kappa shape index (κ2) is 8.82. The number of carbonyl (C=O) groups excluding carboxylic acids is 1. The quantitative estimate of drug-likeness (QED) is 0.778. The molecule has 2 atom stereocenters. The van der Waals surface area contributed by atoms with Crippen LogP contribution in [0.2, 0.25) is 0 Å². The third-order valence-corrected chi connectivity index (χ3v) is 6.36. The van der Waals surface area contributed by atoms with Gasteiger partial charge in [0.25, 0.3) is 0 Å². The van der Waals surface area contributed by atoms with Crippen LogP contribution in [0.3, 0.4) is 0 Å². The van der Waals surface area contributed by atoms with Crippen LogP contribution in [0.25, 0.3) is 0 Å². The first-order chi connectivity index (χ1) is 14.1. The molecule has 1 heterocycles. The first kappa shape index (κ1) is 19.7. The molecule has 2 aliphatic carbocycles. The average Bonchev–Trinajstić information content (AvgIpc) is 2.73. The van der Waals surface area contributed by atoms with Crippen LogP contribution in [-0.4, -0.2) is 24.0 Å². The molecule has 0 aliphatic heterocycles. The van der Waals surface area contributed by atoms with Gasteiger partial charge in [-0.25, -0.2) is 0 Å². The van der Waals surface area contributed by atoms with Crippen LogP contribution in [0.5, 0.6) is 11.5 Å². The molecule has 6 nitrogen and oxygen atoms in total. The smallest absolute Gasteiger partial charge is 0.227 e. The van der Waals surface area contributed by atoms with Gasteiger partial charge in [0.15, 0.2) is 11.5 Å². The Morgan fingerprint density at radius 2 is 1.86 bits per heavy atom. The number of hydrogen-bond donors (Lipinski definition) is 2. The average molecular weight is 396 g/mol. The molecule has 2 bridgehead atoms. The summed E-state index contributed by atoms with van der Waals surface area (Å²) in [6, 6.07) is 9.58. The van der Waals surface area contributed by atoms with Gasteiger partial charge < -0.3 is 20.5 Å². The Labute approximate surface area is 171 Å². The molecule has 0 saturated heterocycles. The minimum absolute atomic E-state index is 0.0355. The molecule has 1 aromatic carbocycles. The van der Waals surface area contributed by atoms with E-state index in [0.29, 0.717) is 29.9 Å². The summed E-state index contributed by atoms with van der Waals surface area (Å²) in [5, 5.41) is 3.08. The van der Waals surface area contributed by atoms with Crippen molar-refractivity contribution in [2.45, 2.75) is 44.8 Å². The van der Waals surface area contributed by atoms with Gasteiger partial charge >= 0.3 is 0 Å². The summed E-state index contributed by atoms with van der Waals surface area (Å²) in [5.74, 6) is 2.31. The van der Waals surface area contributed by atoms with Gasteiger partial charge in [-0.05, 0) is 67.3 Å². The lowest BCUT2D eigenvalue weighted by Crippen LogP contribution is -2.48. The summed E-state index contributed by atoms with van der Waals surface area (Å²) in [7, 11) is 1.61. The molecule has 1 amide bonds. The highest BCUT2D eigenvalue weighted by Crippen LogP contribution is 2.42. The zero-order valence-corrected chi connectivity index (χ0v) is 16.8. The number of amides is 1. The van der Waals surface area contributed by atoms with Crippen molar-refractivity contribution in [3.8, 4) is 11.5 Å². The number of nitrogens with zero attached hydrogens (tertiary/aromatic N) is 1. The van der Waals surface area contributed by atoms with E-state index in [9.17, 15) is 4.79 Å². The molecule has 2 fully saturated rings. The number of nitrogens with one attached hydrogen (secondary N) is 1. The maximum absolute atomic E-state index is 12.9. The number of anilines is 1. The molecule has 2 unspecified atom stereocenters. The Kier molecular flexibility index (Phi) is 6.00. The van der Waals surface area contributed by atoms with E-state index in [1.54, 1.807) is 19.5 Å². The standard InChI is InChI=1S/C23H29N3O3/c1-28-20-6-5-19(13-21(20)29-14-15-7-9-25-10-8-15)26-23(27)18-11-16-3-2-4-17(12-18)22(16)24/h5-10,13,16-18,22H,2-4,11-12,14,24H2,1H3,(H,26,27). The zero-order chi connectivity index (χ0) is 20.2. The van der Waals surface area contributed by atoms with Crippen molar-refractivity contribution in [2.24, 2.45) is 23.5 Å². The lowest BCUT2D eigenvalue weighted by Gasteiger charge is -2.43. The Balaban J connectivity index is 1.42. The Hall–Kier alpha value is -2.60. The highest BCUT2D eigenvalue weighted by molar-refractivity contribution is 5.93. The van der Waals surface area contributed by atoms with Crippen molar-refractivity contribution < 1.29 is 14.3 Å². The van der Waals surface area contributed by atoms with E-state index in [0.717, 1.165) is 36.9 Å². The maximum atomic E-state index is 12.9. The van der Waals surface area contributed by atoms with Crippen LogP contribution >= 0.6 is 0 Å². The highest BCUT2D eigenvalue weighted by Gasteiger charge is 2.40. The fourth-order valence-corrected chi connectivity index (χ4v) is 4.75. The van der Waals surface area contributed by atoms with Crippen LogP contribution in [0, 0.1) is 17.8 Å². The molecule has 3 N–H and O–H groups in total. The Bertz CT molecular complexity index is 829. The van der Waals surface area contributed by atoms with Gasteiger partial charge in [0.05, 0.1) is 7.11 Å². The number of hydrogen-bond acceptors (Lipinski definition) is 5. The number of rotatable bonds is 6. The highest BCUT2D eigenvalue weighted by atomic mass is 16.5. The molecule has 1 aromatic heterocycles. The maximum Gasteiger partial charge on any atom is 0.227 e. The summed E-state index contributed by atoms with van der Waals surface area (Å²) < 4.78 is 11.3. The summed E-state index contributed by atoms with van der Waals surface area (Å²) in [6.45, 7) is 0.403. The molecule has 2 aliphatic rings. The van der Waals surface area contributed by atoms with Gasteiger partial charge in [-0.15, -0.1) is 0 Å². The molecular formula is C23H29N3O3. The lowest BCUT2D eigenvalue weighted by atomic mass is 9.65. The van der Waals surface area contributed by atoms with Crippen LogP contribution < -0.4 is 20.5 Å². The molecule has 29 heavy (non-hydrogen) atoms. The van der Waals surface area contributed by atoms with Gasteiger partial charge in [0.2, 0.25) is 5.91 Å². The van der Waals surface area contributed by atoms with E-state index < -0.39 is 0 Å². The largest absolute Gasteiger partial charge is 0.493 e. The summed E-state index contributed by atoms with van der Waals surface area (Å²) in [5.41, 5.74) is 8.10. The van der Waals surface area contributed by atoms with Crippen molar-refractivity contribution in [1.29, 1.82) is 0 Å². The molecule has 0 radical (unpaired) electrons. The molecule has 6 heteroatoms. The SMILES string of the molecule is COc1ccc(NC(=O)C2CC3CCCC(C2)C3N)cc1OCc1ccncc1. The molecule has 2 aromatic rings. The minimum Gasteiger partial charge on any atom is -0.493 e. The van der Waals surface area contributed by atoms with E-state index >= 15 is 0 Å². The number of fused-ring (bicyclic) bond motifs is 2. The predicted molar refractivity (Wildman–Crippen MR) is 112 cm³/mol. The number of ether oxygens (including phenoxy) is 2. The molecule has 0 spiro atoms. The fourth-order valence-electron chi connectivity index (χ4n) is 4.75. The van der Waals surface area contributed by atoms with E-state index in [1.807, 2.05) is 30.3 Å². The summed E-state index contributed by atoms with van der Waals surface area (Å²) >= 11 is 0. The summed E-state index contributed by atoms with van der Waals surface area (Å²) in [6.07, 6.45) is 8.80. The number of carbonyl (C=O) groups is 1. The van der Waals surface area contributed by atoms with Gasteiger partial charge in [0, 0.05) is 36.1 Å². The van der Waals surface area contributed by atoms with Crippen molar-refractivity contribution in [1.82, 2.24) is 4.98 Å². The van der Waals surface area contributed by atoms with Crippen LogP contribution in [0.4, 0.5) is 5.69 Å². The molecule has 2 saturated carbocycles. The number of aromatic nitrogens is 1. The lowest BCUT2D eigenvalue weighted by molar-refractivity contribution is -0.122. The second-order valence-electron chi connectivity index (χ2n) is 8.20. The number of nitrogens with two attached hydrogens (primary N) is 1. The van der Waals surface area contributed by atoms with Crippen molar-refractivity contribution in [3.05, 3.63) is 48.3 Å². The Morgan fingerprint density at radius 1 is 1.14 bits per heavy atom. The summed E-state index contributed by atoms with van der Waals surface area (Å²) in [4.78, 5) is 16.9. The third kappa shape index (κ3) is 4.53. The van der Waals surface area contributed by atoms with Gasteiger partial charge in [0.1, 0.15) is 6.61 Å². The monoisotopic (exact) mass is 395 g/mol. The Morgan fingerprint density at radius 3 is 2.55 bits per heavy atom. The predicted octanol–water partition coefficient (Wildman–Crippen LogP) is 3.76. The van der Waals surface area contributed by atoms with E-state index in [4.69, 9.17) is 15.2 Å². The molecular weight excluding hydrogens is 366 g/mol. The van der Waals surface area contributed by atoms with Gasteiger partial charge in [-0.2, -0.15) is 0 Å². The first-order valence-corrected chi connectivity index (χ1v) is 10.4.